The highest BCUT2D eigenvalue weighted by molar-refractivity contribution is 5.73. The van der Waals surface area contributed by atoms with E-state index in [1.54, 1.807) is 0 Å². The minimum Gasteiger partial charge on any atom is -0.394 e. The Kier molecular flexibility index (Phi) is 12.4. The first-order valence-corrected chi connectivity index (χ1v) is 13.2. The summed E-state index contributed by atoms with van der Waals surface area (Å²) < 4.78 is 26.8. The van der Waals surface area contributed by atoms with Crippen LogP contribution in [0.3, 0.4) is 0 Å². The molecule has 0 aromatic rings. The van der Waals surface area contributed by atoms with Crippen LogP contribution in [-0.4, -0.2) is 191 Å². The van der Waals surface area contributed by atoms with E-state index < -0.39 is 136 Å². The molecule has 42 heavy (non-hydrogen) atoms. The molecule has 3 aliphatic heterocycles. The molecule has 0 spiro atoms. The van der Waals surface area contributed by atoms with Crippen LogP contribution in [0.4, 0.5) is 0 Å². The summed E-state index contributed by atoms with van der Waals surface area (Å²) in [5.41, 5.74) is 0. The molecule has 19 heteroatoms. The van der Waals surface area contributed by atoms with Gasteiger partial charge in [-0.25, -0.2) is 0 Å². The summed E-state index contributed by atoms with van der Waals surface area (Å²) in [5, 5.41) is 124. The largest absolute Gasteiger partial charge is 0.394 e. The molecular weight excluding hydrogens is 578 g/mol. The highest BCUT2D eigenvalue weighted by Gasteiger charge is 2.52. The zero-order chi connectivity index (χ0) is 31.5. The van der Waals surface area contributed by atoms with Crippen molar-refractivity contribution in [3.05, 3.63) is 0 Å². The summed E-state index contributed by atoms with van der Waals surface area (Å²) in [5.74, 6) is -2.96. The van der Waals surface area contributed by atoms with Crippen molar-refractivity contribution < 1.29 is 89.8 Å². The fourth-order valence-electron chi connectivity index (χ4n) is 5.05. The maximum absolute atomic E-state index is 11.6. The SMILES string of the molecule is CC(=O)N[C@H]1[C@H]([C@H](O)[C@H](O)CO)O[C@](O)(COC[C@H]2O[C@@H](O[C@H]3[C@H](O)[C@@H](O)[C@@H](O)O[C@@H]3CO)[C@H](O)[C@@H](O)[C@H]2O)C[C@@H]1O. The van der Waals surface area contributed by atoms with Gasteiger partial charge in [0.2, 0.25) is 5.91 Å². The average molecular weight is 620 g/mol. The van der Waals surface area contributed by atoms with Crippen LogP contribution in [0.1, 0.15) is 13.3 Å². The lowest BCUT2D eigenvalue weighted by Gasteiger charge is -2.47. The van der Waals surface area contributed by atoms with Crippen molar-refractivity contribution in [1.82, 2.24) is 5.32 Å². The lowest BCUT2D eigenvalue weighted by atomic mass is 9.89. The molecule has 0 saturated carbocycles. The van der Waals surface area contributed by atoms with Crippen molar-refractivity contribution in [3.63, 3.8) is 0 Å². The first-order valence-electron chi connectivity index (χ1n) is 13.2. The number of rotatable bonds is 11. The predicted molar refractivity (Wildman–Crippen MR) is 130 cm³/mol. The molecule has 0 bridgehead atoms. The van der Waals surface area contributed by atoms with E-state index >= 15 is 0 Å². The Bertz CT molecular complexity index is 869. The summed E-state index contributed by atoms with van der Waals surface area (Å²) >= 11 is 0. The quantitative estimate of drug-likeness (QED) is 0.102. The molecule has 16 atom stereocenters. The molecule has 0 aromatic carbocycles. The van der Waals surface area contributed by atoms with Gasteiger partial charge < -0.3 is 90.3 Å². The van der Waals surface area contributed by atoms with Crippen molar-refractivity contribution in [2.45, 2.75) is 111 Å². The third kappa shape index (κ3) is 7.89. The van der Waals surface area contributed by atoms with Gasteiger partial charge in [0.15, 0.2) is 18.4 Å². The molecule has 3 heterocycles. The van der Waals surface area contributed by atoms with Crippen LogP contribution in [0.2, 0.25) is 0 Å². The number of carbonyl (C=O) groups excluding carboxylic acids is 1. The first-order chi connectivity index (χ1) is 19.6. The Morgan fingerprint density at radius 2 is 1.62 bits per heavy atom. The summed E-state index contributed by atoms with van der Waals surface area (Å²) in [6.45, 7) is -1.93. The second-order valence-corrected chi connectivity index (χ2v) is 10.6. The molecule has 3 fully saturated rings. The zero-order valence-electron chi connectivity index (χ0n) is 22.5. The van der Waals surface area contributed by atoms with Gasteiger partial charge in [-0.3, -0.25) is 4.79 Å². The molecule has 3 rings (SSSR count). The third-order valence-corrected chi connectivity index (χ3v) is 7.35. The Hall–Kier alpha value is -1.21. The molecule has 13 N–H and O–H groups in total. The van der Waals surface area contributed by atoms with Crippen LogP contribution in [0.25, 0.3) is 0 Å². The lowest BCUT2D eigenvalue weighted by molar-refractivity contribution is -0.358. The van der Waals surface area contributed by atoms with Crippen molar-refractivity contribution in [3.8, 4) is 0 Å². The van der Waals surface area contributed by atoms with Gasteiger partial charge in [-0.2, -0.15) is 0 Å². The van der Waals surface area contributed by atoms with Gasteiger partial charge in [-0.05, 0) is 0 Å². The number of amides is 1. The van der Waals surface area contributed by atoms with Gasteiger partial charge >= 0.3 is 0 Å². The van der Waals surface area contributed by atoms with E-state index in [2.05, 4.69) is 5.32 Å². The normalized spacial score (nSPS) is 46.2. The molecule has 0 radical (unpaired) electrons. The topological polar surface area (TPSA) is 318 Å². The molecule has 0 aromatic heterocycles. The predicted octanol–water partition coefficient (Wildman–Crippen LogP) is -8.32. The maximum Gasteiger partial charge on any atom is 0.217 e. The number of ether oxygens (including phenoxy) is 5. The number of nitrogens with one attached hydrogen (secondary N) is 1. The van der Waals surface area contributed by atoms with Gasteiger partial charge in [0, 0.05) is 13.3 Å². The first kappa shape index (κ1) is 35.3. The molecule has 3 saturated heterocycles. The van der Waals surface area contributed by atoms with Crippen LogP contribution in [0, 0.1) is 0 Å². The lowest BCUT2D eigenvalue weighted by Crippen LogP contribution is -2.66. The number of carbonyl (C=O) groups is 1. The number of hydrogen-bond acceptors (Lipinski definition) is 18. The molecule has 19 nitrogen and oxygen atoms in total. The molecule has 0 aliphatic carbocycles. The van der Waals surface area contributed by atoms with Crippen LogP contribution >= 0.6 is 0 Å². The van der Waals surface area contributed by atoms with Crippen molar-refractivity contribution >= 4 is 5.91 Å². The molecular formula is C23H41NO18. The number of aliphatic hydroxyl groups is 12. The summed E-state index contributed by atoms with van der Waals surface area (Å²) in [6, 6.07) is -1.29. The van der Waals surface area contributed by atoms with E-state index in [0.717, 1.165) is 6.92 Å². The third-order valence-electron chi connectivity index (χ3n) is 7.35. The smallest absolute Gasteiger partial charge is 0.217 e. The summed E-state index contributed by atoms with van der Waals surface area (Å²) in [7, 11) is 0. The minimum atomic E-state index is -2.34. The van der Waals surface area contributed by atoms with Gasteiger partial charge in [-0.1, -0.05) is 0 Å². The monoisotopic (exact) mass is 619 g/mol. The van der Waals surface area contributed by atoms with Crippen molar-refractivity contribution in [2.75, 3.05) is 26.4 Å². The number of aliphatic hydroxyl groups excluding tert-OH is 11. The van der Waals surface area contributed by atoms with Crippen LogP contribution in [-0.2, 0) is 28.5 Å². The van der Waals surface area contributed by atoms with E-state index in [1.807, 2.05) is 0 Å². The van der Waals surface area contributed by atoms with Crippen molar-refractivity contribution in [2.24, 2.45) is 0 Å². The summed E-state index contributed by atoms with van der Waals surface area (Å²) in [4.78, 5) is 11.6. The fraction of sp³-hybridized carbons (Fsp3) is 0.957. The highest BCUT2D eigenvalue weighted by Crippen LogP contribution is 2.32. The molecule has 3 aliphatic rings. The average Bonchev–Trinajstić information content (AvgIpc) is 2.94. The van der Waals surface area contributed by atoms with Gasteiger partial charge in [0.05, 0.1) is 32.0 Å². The Morgan fingerprint density at radius 1 is 0.952 bits per heavy atom. The number of hydrogen-bond donors (Lipinski definition) is 13. The van der Waals surface area contributed by atoms with E-state index in [-0.39, 0.29) is 0 Å². The molecule has 0 unspecified atom stereocenters. The minimum absolute atomic E-state index is 0.562. The highest BCUT2D eigenvalue weighted by atomic mass is 16.7. The Balaban J connectivity index is 1.66. The van der Waals surface area contributed by atoms with Crippen LogP contribution in [0.5, 0.6) is 0 Å². The summed E-state index contributed by atoms with van der Waals surface area (Å²) in [6.07, 6.45) is -24.6. The maximum atomic E-state index is 11.6. The standard InChI is InChI=1S/C23H41NO18/c1-7(27)24-12-8(28)2-23(37,42-20(12)13(30)9(29)3-25)6-38-5-11-14(31)15(32)18(35)22(40-11)41-19-10(4-26)39-21(36)17(34)16(19)33/h8-22,25-26,28-37H,2-6H2,1H3,(H,24,27)/t8-,9+,10+,11+,12+,13+,14-,15-,16+,17+,18+,19+,20+,21-,22-,23-/m0/s1. The zero-order valence-corrected chi connectivity index (χ0v) is 22.5. The fourth-order valence-corrected chi connectivity index (χ4v) is 5.05. The van der Waals surface area contributed by atoms with Gasteiger partial charge in [-0.15, -0.1) is 0 Å². The second kappa shape index (κ2) is 14.7. The van der Waals surface area contributed by atoms with Crippen molar-refractivity contribution in [1.29, 1.82) is 0 Å². The van der Waals surface area contributed by atoms with Gasteiger partial charge in [0.25, 0.3) is 0 Å². The molecule has 1 amide bonds. The Labute approximate surface area is 239 Å². The van der Waals surface area contributed by atoms with E-state index in [0.29, 0.717) is 0 Å². The van der Waals surface area contributed by atoms with Crippen LogP contribution < -0.4 is 5.32 Å². The van der Waals surface area contributed by atoms with E-state index in [9.17, 15) is 66.1 Å². The Morgan fingerprint density at radius 3 is 2.21 bits per heavy atom. The second-order valence-electron chi connectivity index (χ2n) is 10.6. The molecule has 246 valence electrons. The van der Waals surface area contributed by atoms with Gasteiger partial charge in [0.1, 0.15) is 73.8 Å². The van der Waals surface area contributed by atoms with E-state index in [4.69, 9.17) is 23.7 Å². The van der Waals surface area contributed by atoms with Crippen LogP contribution in [0.15, 0.2) is 0 Å². The van der Waals surface area contributed by atoms with E-state index in [1.165, 1.54) is 0 Å².